The fourth-order valence-electron chi connectivity index (χ4n) is 3.63. The van der Waals surface area contributed by atoms with Crippen molar-refractivity contribution < 1.29 is 19.1 Å². The van der Waals surface area contributed by atoms with Gasteiger partial charge in [-0.2, -0.15) is 23.5 Å². The van der Waals surface area contributed by atoms with Crippen LogP contribution in [0.5, 0.6) is 0 Å². The zero-order valence-corrected chi connectivity index (χ0v) is 27.1. The van der Waals surface area contributed by atoms with Gasteiger partial charge in [0, 0.05) is 44.7 Å². The first-order valence-corrected chi connectivity index (χ1v) is 19.0. The van der Waals surface area contributed by atoms with Crippen LogP contribution >= 0.6 is 70.6 Å². The van der Waals surface area contributed by atoms with Crippen LogP contribution in [-0.2, 0) is 31.9 Å². The molecule has 1 aromatic carbocycles. The minimum absolute atomic E-state index is 0.282. The van der Waals surface area contributed by atoms with Crippen LogP contribution in [0.2, 0.25) is 0 Å². The van der Waals surface area contributed by atoms with Crippen LogP contribution in [0.25, 0.3) is 0 Å². The van der Waals surface area contributed by atoms with Gasteiger partial charge in [0.05, 0.1) is 9.16 Å². The van der Waals surface area contributed by atoms with E-state index in [-0.39, 0.29) is 11.9 Å². The van der Waals surface area contributed by atoms with E-state index in [1.165, 1.54) is 11.1 Å². The van der Waals surface area contributed by atoms with E-state index in [0.717, 1.165) is 47.4 Å². The minimum atomic E-state index is -0.282. The van der Waals surface area contributed by atoms with Crippen molar-refractivity contribution in [3.63, 3.8) is 0 Å². The van der Waals surface area contributed by atoms with Gasteiger partial charge >= 0.3 is 11.9 Å². The summed E-state index contributed by atoms with van der Waals surface area (Å²) >= 11 is 11.9. The van der Waals surface area contributed by atoms with Crippen molar-refractivity contribution >= 4 is 82.5 Å². The van der Waals surface area contributed by atoms with Crippen LogP contribution in [0, 0.1) is 0 Å². The predicted molar refractivity (Wildman–Crippen MR) is 175 cm³/mol. The number of hydrogen-bond acceptors (Lipinski definition) is 10. The van der Waals surface area contributed by atoms with Crippen LogP contribution in [-0.4, -0.2) is 79.3 Å². The SMILES string of the molecule is C=C(C)C(=O)OCC1CSC(CSCCc2cccc(CCSCC3SCC(COC(=O)C(=C)C)S3)c2)S1. The molecule has 4 nitrogen and oxygen atoms in total. The molecule has 210 valence electrons. The second-order valence-electron chi connectivity index (χ2n) is 9.27. The largest absolute Gasteiger partial charge is 0.461 e. The molecule has 0 amide bonds. The maximum absolute atomic E-state index is 11.6. The normalized spacial score (nSPS) is 22.8. The molecule has 0 bridgehead atoms. The predicted octanol–water partition coefficient (Wildman–Crippen LogP) is 6.83. The molecule has 1 aromatic rings. The highest BCUT2D eigenvalue weighted by Crippen LogP contribution is 2.40. The Kier molecular flexibility index (Phi) is 14.9. The smallest absolute Gasteiger partial charge is 0.333 e. The van der Waals surface area contributed by atoms with Gasteiger partial charge in [-0.15, -0.1) is 47.0 Å². The van der Waals surface area contributed by atoms with Crippen LogP contribution < -0.4 is 0 Å². The Hall–Kier alpha value is -0.260. The highest BCUT2D eigenvalue weighted by atomic mass is 32.2. The molecule has 2 fully saturated rings. The molecular formula is C28H38O4S6. The van der Waals surface area contributed by atoms with Gasteiger partial charge in [-0.25, -0.2) is 9.59 Å². The molecule has 2 aliphatic rings. The first-order chi connectivity index (χ1) is 18.3. The summed E-state index contributed by atoms with van der Waals surface area (Å²) in [5.41, 5.74) is 3.77. The fourth-order valence-corrected chi connectivity index (χ4v) is 13.0. The van der Waals surface area contributed by atoms with Crippen molar-refractivity contribution in [2.45, 2.75) is 46.4 Å². The summed E-state index contributed by atoms with van der Waals surface area (Å²) < 4.78 is 11.8. The second kappa shape index (κ2) is 17.5. The Morgan fingerprint density at radius 2 is 1.29 bits per heavy atom. The average molecular weight is 631 g/mol. The minimum Gasteiger partial charge on any atom is -0.461 e. The lowest BCUT2D eigenvalue weighted by atomic mass is 10.1. The third-order valence-electron chi connectivity index (χ3n) is 5.69. The molecule has 0 saturated carbocycles. The number of benzene rings is 1. The Morgan fingerprint density at radius 1 is 0.842 bits per heavy atom. The first kappa shape index (κ1) is 32.3. The van der Waals surface area contributed by atoms with E-state index in [9.17, 15) is 9.59 Å². The first-order valence-electron chi connectivity index (χ1n) is 12.7. The van der Waals surface area contributed by atoms with Crippen molar-refractivity contribution in [1.82, 2.24) is 0 Å². The van der Waals surface area contributed by atoms with Crippen molar-refractivity contribution in [2.75, 3.05) is 47.7 Å². The van der Waals surface area contributed by atoms with Crippen molar-refractivity contribution in [1.29, 1.82) is 0 Å². The third-order valence-corrected chi connectivity index (χ3v) is 15.1. The number of carbonyl (C=O) groups excluding carboxylic acids is 2. The lowest BCUT2D eigenvalue weighted by Crippen LogP contribution is -2.16. The summed E-state index contributed by atoms with van der Waals surface area (Å²) in [4.78, 5) is 23.2. The zero-order chi connectivity index (χ0) is 27.3. The Morgan fingerprint density at radius 3 is 1.71 bits per heavy atom. The summed E-state index contributed by atoms with van der Waals surface area (Å²) in [6.07, 6.45) is 2.19. The summed E-state index contributed by atoms with van der Waals surface area (Å²) in [6.45, 7) is 11.6. The number of rotatable bonds is 16. The molecule has 4 unspecified atom stereocenters. The zero-order valence-electron chi connectivity index (χ0n) is 22.2. The molecule has 10 heteroatoms. The van der Waals surface area contributed by atoms with Gasteiger partial charge in [0.2, 0.25) is 0 Å². The molecule has 2 heterocycles. The van der Waals surface area contributed by atoms with E-state index < -0.39 is 0 Å². The van der Waals surface area contributed by atoms with E-state index in [2.05, 4.69) is 37.4 Å². The van der Waals surface area contributed by atoms with Crippen molar-refractivity contribution in [3.8, 4) is 0 Å². The Bertz CT molecular complexity index is 884. The Labute approximate surface area is 253 Å². The quantitative estimate of drug-likeness (QED) is 0.110. The van der Waals surface area contributed by atoms with Crippen LogP contribution in [0.1, 0.15) is 25.0 Å². The number of aryl methyl sites for hydroxylation is 2. The molecule has 0 aliphatic carbocycles. The van der Waals surface area contributed by atoms with Gasteiger partial charge < -0.3 is 9.47 Å². The summed E-state index contributed by atoms with van der Waals surface area (Å²) in [5, 5.41) is 0.782. The highest BCUT2D eigenvalue weighted by Gasteiger charge is 2.28. The van der Waals surface area contributed by atoms with Gasteiger partial charge in [0.25, 0.3) is 0 Å². The maximum Gasteiger partial charge on any atom is 0.333 e. The van der Waals surface area contributed by atoms with Gasteiger partial charge in [-0.3, -0.25) is 0 Å². The molecule has 0 spiro atoms. The van der Waals surface area contributed by atoms with Crippen LogP contribution in [0.3, 0.4) is 0 Å². The monoisotopic (exact) mass is 630 g/mol. The lowest BCUT2D eigenvalue weighted by Gasteiger charge is -2.11. The molecular weight excluding hydrogens is 593 g/mol. The molecule has 0 N–H and O–H groups in total. The summed E-state index contributed by atoms with van der Waals surface area (Å²) in [7, 11) is 0. The lowest BCUT2D eigenvalue weighted by molar-refractivity contribution is -0.139. The number of thioether (sulfide) groups is 6. The number of ether oxygens (including phenoxy) is 2. The highest BCUT2D eigenvalue weighted by molar-refractivity contribution is 8.22. The second-order valence-corrected chi connectivity index (χ2v) is 17.7. The van der Waals surface area contributed by atoms with E-state index in [4.69, 9.17) is 9.47 Å². The molecule has 38 heavy (non-hydrogen) atoms. The van der Waals surface area contributed by atoms with E-state index in [1.807, 2.05) is 70.6 Å². The van der Waals surface area contributed by atoms with Gasteiger partial charge in [0.1, 0.15) is 13.2 Å². The third kappa shape index (κ3) is 12.1. The fraction of sp³-hybridized carbons (Fsp3) is 0.571. The van der Waals surface area contributed by atoms with Crippen LogP contribution in [0.15, 0.2) is 48.6 Å². The number of carbonyl (C=O) groups is 2. The molecule has 2 aliphatic heterocycles. The van der Waals surface area contributed by atoms with Crippen molar-refractivity contribution in [2.24, 2.45) is 0 Å². The topological polar surface area (TPSA) is 52.6 Å². The average Bonchev–Trinajstić information content (AvgIpc) is 3.55. The number of esters is 2. The van der Waals surface area contributed by atoms with Crippen molar-refractivity contribution in [3.05, 3.63) is 59.7 Å². The van der Waals surface area contributed by atoms with E-state index >= 15 is 0 Å². The van der Waals surface area contributed by atoms with Gasteiger partial charge in [-0.05, 0) is 49.3 Å². The number of hydrogen-bond donors (Lipinski definition) is 0. The standard InChI is InChI=1S/C28H38O4S6/c1-19(2)27(29)31-13-23-15-35-25(37-23)17-33-10-8-21-6-5-7-22(12-21)9-11-34-18-26-36-16-24(38-26)14-32-28(30)20(3)4/h5-7,12,23-26H,1,3,8-11,13-18H2,2,4H3. The van der Waals surface area contributed by atoms with Gasteiger partial charge in [-0.1, -0.05) is 37.4 Å². The molecule has 2 saturated heterocycles. The molecule has 0 aromatic heterocycles. The van der Waals surface area contributed by atoms with E-state index in [0.29, 0.717) is 44.0 Å². The summed E-state index contributed by atoms with van der Waals surface area (Å²) in [5.74, 6) is 6.04. The maximum atomic E-state index is 11.6. The molecule has 3 rings (SSSR count). The summed E-state index contributed by atoms with van der Waals surface area (Å²) in [6, 6.07) is 9.06. The van der Waals surface area contributed by atoms with Crippen LogP contribution in [0.4, 0.5) is 0 Å². The van der Waals surface area contributed by atoms with Gasteiger partial charge in [0.15, 0.2) is 0 Å². The van der Waals surface area contributed by atoms with E-state index in [1.54, 1.807) is 13.8 Å². The Balaban J connectivity index is 1.24. The molecule has 0 radical (unpaired) electrons. The molecule has 4 atom stereocenters.